The topological polar surface area (TPSA) is 16.4 Å². The van der Waals surface area contributed by atoms with Crippen molar-refractivity contribution in [3.05, 3.63) is 23.7 Å². The van der Waals surface area contributed by atoms with Crippen LogP contribution >= 0.6 is 0 Å². The standard InChI is InChI=1S/C10H15NO/c1-10(2,3)11-4-8-6-12-7-9(8)5-11/h6-7H,4-5H2,1-3H3. The van der Waals surface area contributed by atoms with Crippen molar-refractivity contribution in [2.24, 2.45) is 0 Å². The maximum atomic E-state index is 5.12. The van der Waals surface area contributed by atoms with E-state index in [2.05, 4.69) is 25.7 Å². The smallest absolute Gasteiger partial charge is 0.0951 e. The molecule has 12 heavy (non-hydrogen) atoms. The number of fused-ring (bicyclic) bond motifs is 1. The average molecular weight is 165 g/mol. The Balaban J connectivity index is 2.18. The summed E-state index contributed by atoms with van der Waals surface area (Å²) in [6.45, 7) is 8.81. The Hall–Kier alpha value is -0.760. The van der Waals surface area contributed by atoms with Crippen molar-refractivity contribution >= 4 is 0 Å². The lowest BCUT2D eigenvalue weighted by molar-refractivity contribution is 0.134. The number of nitrogens with zero attached hydrogens (tertiary/aromatic N) is 1. The van der Waals surface area contributed by atoms with Crippen molar-refractivity contribution in [1.29, 1.82) is 0 Å². The van der Waals surface area contributed by atoms with E-state index in [0.29, 0.717) is 0 Å². The van der Waals surface area contributed by atoms with E-state index in [4.69, 9.17) is 4.42 Å². The highest BCUT2D eigenvalue weighted by Crippen LogP contribution is 2.29. The van der Waals surface area contributed by atoms with Gasteiger partial charge in [0.1, 0.15) is 0 Å². The second-order valence-electron chi connectivity index (χ2n) is 4.45. The van der Waals surface area contributed by atoms with E-state index < -0.39 is 0 Å². The molecule has 0 saturated heterocycles. The zero-order chi connectivity index (χ0) is 8.77. The molecule has 66 valence electrons. The van der Waals surface area contributed by atoms with Gasteiger partial charge in [0.25, 0.3) is 0 Å². The molecule has 2 nitrogen and oxygen atoms in total. The molecule has 0 spiro atoms. The van der Waals surface area contributed by atoms with E-state index in [9.17, 15) is 0 Å². The molecule has 1 aliphatic heterocycles. The van der Waals surface area contributed by atoms with Gasteiger partial charge >= 0.3 is 0 Å². The molecule has 0 bridgehead atoms. The van der Waals surface area contributed by atoms with Crippen molar-refractivity contribution in [2.75, 3.05) is 0 Å². The van der Waals surface area contributed by atoms with Crippen LogP contribution in [0.15, 0.2) is 16.9 Å². The van der Waals surface area contributed by atoms with Gasteiger partial charge in [0.15, 0.2) is 0 Å². The molecule has 0 amide bonds. The quantitative estimate of drug-likeness (QED) is 0.587. The molecule has 0 aliphatic carbocycles. The van der Waals surface area contributed by atoms with Crippen molar-refractivity contribution in [3.8, 4) is 0 Å². The molecule has 1 aliphatic rings. The highest BCUT2D eigenvalue weighted by molar-refractivity contribution is 5.25. The molecule has 2 heteroatoms. The molecule has 0 fully saturated rings. The lowest BCUT2D eigenvalue weighted by atomic mass is 10.1. The van der Waals surface area contributed by atoms with Gasteiger partial charge in [0, 0.05) is 29.8 Å². The van der Waals surface area contributed by atoms with Crippen LogP contribution in [0.1, 0.15) is 31.9 Å². The van der Waals surface area contributed by atoms with Crippen LogP contribution in [0.25, 0.3) is 0 Å². The van der Waals surface area contributed by atoms with Gasteiger partial charge in [-0.1, -0.05) is 0 Å². The van der Waals surface area contributed by atoms with Crippen LogP contribution in [0.2, 0.25) is 0 Å². The fourth-order valence-corrected chi connectivity index (χ4v) is 1.57. The lowest BCUT2D eigenvalue weighted by Crippen LogP contribution is -2.36. The lowest BCUT2D eigenvalue weighted by Gasteiger charge is -2.31. The van der Waals surface area contributed by atoms with Gasteiger partial charge in [-0.05, 0) is 20.8 Å². The Morgan fingerprint density at radius 1 is 1.17 bits per heavy atom. The minimum atomic E-state index is 0.270. The Morgan fingerprint density at radius 2 is 1.67 bits per heavy atom. The molecule has 0 atom stereocenters. The maximum absolute atomic E-state index is 5.12. The average Bonchev–Trinajstić information content (AvgIpc) is 2.37. The van der Waals surface area contributed by atoms with Crippen molar-refractivity contribution in [2.45, 2.75) is 39.4 Å². The third-order valence-electron chi connectivity index (χ3n) is 2.50. The van der Waals surface area contributed by atoms with Crippen LogP contribution in [0.4, 0.5) is 0 Å². The first-order valence-corrected chi connectivity index (χ1v) is 4.36. The van der Waals surface area contributed by atoms with E-state index >= 15 is 0 Å². The summed E-state index contributed by atoms with van der Waals surface area (Å²) in [6.07, 6.45) is 3.72. The third-order valence-corrected chi connectivity index (χ3v) is 2.50. The molecule has 0 saturated carbocycles. The molecule has 1 aromatic heterocycles. The summed E-state index contributed by atoms with van der Waals surface area (Å²) < 4.78 is 5.12. The maximum Gasteiger partial charge on any atom is 0.0951 e. The first-order valence-electron chi connectivity index (χ1n) is 4.36. The second kappa shape index (κ2) is 2.36. The van der Waals surface area contributed by atoms with E-state index in [0.717, 1.165) is 13.1 Å². The summed E-state index contributed by atoms with van der Waals surface area (Å²) in [6, 6.07) is 0. The summed E-state index contributed by atoms with van der Waals surface area (Å²) >= 11 is 0. The summed E-state index contributed by atoms with van der Waals surface area (Å²) in [7, 11) is 0. The number of furan rings is 1. The van der Waals surface area contributed by atoms with Gasteiger partial charge in [0.2, 0.25) is 0 Å². The molecular formula is C10H15NO. The Labute approximate surface area is 73.2 Å². The third kappa shape index (κ3) is 1.16. The van der Waals surface area contributed by atoms with Crippen molar-refractivity contribution in [1.82, 2.24) is 4.90 Å². The largest absolute Gasteiger partial charge is 0.472 e. The Bertz CT molecular complexity index is 262. The van der Waals surface area contributed by atoms with Gasteiger partial charge in [-0.25, -0.2) is 0 Å². The Kier molecular flexibility index (Phi) is 1.55. The first kappa shape index (κ1) is 7.87. The zero-order valence-corrected chi connectivity index (χ0v) is 7.92. The van der Waals surface area contributed by atoms with Crippen molar-refractivity contribution < 1.29 is 4.42 Å². The molecule has 0 radical (unpaired) electrons. The van der Waals surface area contributed by atoms with Gasteiger partial charge in [-0.15, -0.1) is 0 Å². The molecule has 2 rings (SSSR count). The van der Waals surface area contributed by atoms with Gasteiger partial charge in [-0.2, -0.15) is 0 Å². The fraction of sp³-hybridized carbons (Fsp3) is 0.600. The minimum absolute atomic E-state index is 0.270. The summed E-state index contributed by atoms with van der Waals surface area (Å²) in [4.78, 5) is 2.45. The minimum Gasteiger partial charge on any atom is -0.472 e. The van der Waals surface area contributed by atoms with E-state index in [-0.39, 0.29) is 5.54 Å². The van der Waals surface area contributed by atoms with E-state index in [1.54, 1.807) is 0 Å². The Morgan fingerprint density at radius 3 is 2.08 bits per heavy atom. The monoisotopic (exact) mass is 165 g/mol. The summed E-state index contributed by atoms with van der Waals surface area (Å²) in [5.41, 5.74) is 2.97. The number of rotatable bonds is 0. The SMILES string of the molecule is CC(C)(C)N1Cc2cocc2C1. The summed E-state index contributed by atoms with van der Waals surface area (Å²) in [5, 5.41) is 0. The van der Waals surface area contributed by atoms with Crippen LogP contribution < -0.4 is 0 Å². The van der Waals surface area contributed by atoms with Gasteiger partial charge in [0.05, 0.1) is 12.5 Å². The molecule has 2 heterocycles. The fourth-order valence-electron chi connectivity index (χ4n) is 1.57. The second-order valence-corrected chi connectivity index (χ2v) is 4.45. The zero-order valence-electron chi connectivity index (χ0n) is 7.92. The van der Waals surface area contributed by atoms with Crippen LogP contribution in [0.5, 0.6) is 0 Å². The normalized spacial score (nSPS) is 18.2. The molecule has 0 unspecified atom stereocenters. The van der Waals surface area contributed by atoms with E-state index in [1.165, 1.54) is 11.1 Å². The van der Waals surface area contributed by atoms with Crippen LogP contribution in [0.3, 0.4) is 0 Å². The highest BCUT2D eigenvalue weighted by atomic mass is 16.3. The highest BCUT2D eigenvalue weighted by Gasteiger charge is 2.28. The molecular weight excluding hydrogens is 150 g/mol. The number of hydrogen-bond acceptors (Lipinski definition) is 2. The van der Waals surface area contributed by atoms with Crippen molar-refractivity contribution in [3.63, 3.8) is 0 Å². The van der Waals surface area contributed by atoms with E-state index in [1.807, 2.05) is 12.5 Å². The number of hydrogen-bond donors (Lipinski definition) is 0. The molecule has 0 aromatic carbocycles. The van der Waals surface area contributed by atoms with Crippen LogP contribution in [-0.4, -0.2) is 10.4 Å². The molecule has 0 N–H and O–H groups in total. The predicted molar refractivity (Wildman–Crippen MR) is 47.7 cm³/mol. The van der Waals surface area contributed by atoms with Gasteiger partial charge in [-0.3, -0.25) is 4.90 Å². The predicted octanol–water partition coefficient (Wildman–Crippen LogP) is 2.39. The molecule has 1 aromatic rings. The van der Waals surface area contributed by atoms with Crippen LogP contribution in [0, 0.1) is 0 Å². The summed E-state index contributed by atoms with van der Waals surface area (Å²) in [5.74, 6) is 0. The first-order chi connectivity index (χ1) is 5.57. The van der Waals surface area contributed by atoms with Crippen LogP contribution in [-0.2, 0) is 13.1 Å². The van der Waals surface area contributed by atoms with Gasteiger partial charge < -0.3 is 4.42 Å².